The van der Waals surface area contributed by atoms with E-state index in [1.165, 1.54) is 19.2 Å². The van der Waals surface area contributed by atoms with Gasteiger partial charge >= 0.3 is 0 Å². The van der Waals surface area contributed by atoms with Crippen LogP contribution in [-0.2, 0) is 0 Å². The lowest BCUT2D eigenvalue weighted by Crippen LogP contribution is -2.04. The van der Waals surface area contributed by atoms with Crippen molar-refractivity contribution in [3.8, 4) is 5.75 Å². The van der Waals surface area contributed by atoms with Crippen molar-refractivity contribution >= 4 is 17.4 Å². The molecule has 0 aliphatic carbocycles. The third-order valence-corrected chi connectivity index (χ3v) is 2.29. The number of ketones is 1. The fourth-order valence-corrected chi connectivity index (χ4v) is 1.47. The van der Waals surface area contributed by atoms with Crippen molar-refractivity contribution in [2.24, 2.45) is 0 Å². The molecule has 0 amide bonds. The third-order valence-electron chi connectivity index (χ3n) is 2.10. The van der Waals surface area contributed by atoms with Crippen LogP contribution in [0.25, 0.3) is 0 Å². The summed E-state index contributed by atoms with van der Waals surface area (Å²) in [6, 6.07) is 3.75. The van der Waals surface area contributed by atoms with Crippen molar-refractivity contribution in [2.45, 2.75) is 12.8 Å². The molecule has 0 fully saturated rings. The lowest BCUT2D eigenvalue weighted by Gasteiger charge is -2.09. The van der Waals surface area contributed by atoms with Crippen LogP contribution in [0, 0.1) is 0 Å². The fraction of sp³-hybridized carbons (Fsp3) is 0.364. The van der Waals surface area contributed by atoms with Crippen molar-refractivity contribution in [3.63, 3.8) is 0 Å². The number of hydrogen-bond donors (Lipinski definition) is 0. The second-order valence-electron chi connectivity index (χ2n) is 3.12. The van der Waals surface area contributed by atoms with Crippen LogP contribution in [0.5, 0.6) is 5.75 Å². The monoisotopic (exact) mass is 248 g/mol. The van der Waals surface area contributed by atoms with Gasteiger partial charge in [-0.15, -0.1) is 11.6 Å². The number of benzene rings is 1. The van der Waals surface area contributed by atoms with Crippen LogP contribution in [0.15, 0.2) is 18.2 Å². The van der Waals surface area contributed by atoms with E-state index < -0.39 is 6.43 Å². The van der Waals surface area contributed by atoms with Crippen LogP contribution in [0.2, 0.25) is 0 Å². The molecule has 5 heteroatoms. The van der Waals surface area contributed by atoms with Crippen molar-refractivity contribution in [1.82, 2.24) is 0 Å². The van der Waals surface area contributed by atoms with Gasteiger partial charge in [0.05, 0.1) is 12.7 Å². The van der Waals surface area contributed by atoms with E-state index >= 15 is 0 Å². The standard InChI is InChI=1S/C11H11ClF2O2/c1-16-10-3-2-7(11(13)14)6-8(10)9(15)4-5-12/h2-3,6,11H,4-5H2,1H3. The number of rotatable bonds is 5. The molecule has 0 saturated carbocycles. The minimum absolute atomic E-state index is 0.102. The summed E-state index contributed by atoms with van der Waals surface area (Å²) in [7, 11) is 1.38. The Morgan fingerprint density at radius 3 is 2.69 bits per heavy atom. The van der Waals surface area contributed by atoms with Crippen LogP contribution >= 0.6 is 11.6 Å². The Hall–Kier alpha value is -1.16. The van der Waals surface area contributed by atoms with Gasteiger partial charge in [0, 0.05) is 17.9 Å². The van der Waals surface area contributed by atoms with Crippen molar-refractivity contribution in [3.05, 3.63) is 29.3 Å². The third kappa shape index (κ3) is 2.92. The van der Waals surface area contributed by atoms with E-state index in [2.05, 4.69) is 0 Å². The number of carbonyl (C=O) groups excluding carboxylic acids is 1. The van der Waals surface area contributed by atoms with Gasteiger partial charge in [0.1, 0.15) is 5.75 Å². The summed E-state index contributed by atoms with van der Waals surface area (Å²) in [5.74, 6) is 0.148. The predicted octanol–water partition coefficient (Wildman–Crippen LogP) is 3.44. The van der Waals surface area contributed by atoms with Crippen molar-refractivity contribution in [2.75, 3.05) is 13.0 Å². The number of carbonyl (C=O) groups is 1. The van der Waals surface area contributed by atoms with E-state index in [1.54, 1.807) is 0 Å². The van der Waals surface area contributed by atoms with Crippen molar-refractivity contribution < 1.29 is 18.3 Å². The van der Waals surface area contributed by atoms with E-state index in [0.29, 0.717) is 5.75 Å². The first-order valence-electron chi connectivity index (χ1n) is 4.65. The summed E-state index contributed by atoms with van der Waals surface area (Å²) < 4.78 is 29.8. The van der Waals surface area contributed by atoms with Crippen LogP contribution in [0.1, 0.15) is 28.8 Å². The molecule has 1 aromatic rings. The molecule has 0 atom stereocenters. The van der Waals surface area contributed by atoms with Gasteiger partial charge in [-0.1, -0.05) is 0 Å². The van der Waals surface area contributed by atoms with Gasteiger partial charge in [0.2, 0.25) is 0 Å². The Kier molecular flexibility index (Phi) is 4.68. The normalized spacial score (nSPS) is 10.6. The van der Waals surface area contributed by atoms with Gasteiger partial charge in [-0.25, -0.2) is 8.78 Å². The molecule has 0 aliphatic heterocycles. The molecule has 0 unspecified atom stereocenters. The molecular formula is C11H11ClF2O2. The second-order valence-corrected chi connectivity index (χ2v) is 3.50. The zero-order valence-corrected chi connectivity index (χ0v) is 9.43. The van der Waals surface area contributed by atoms with Gasteiger partial charge in [0.15, 0.2) is 5.78 Å². The molecule has 1 rings (SSSR count). The van der Waals surface area contributed by atoms with Gasteiger partial charge in [-0.3, -0.25) is 4.79 Å². The summed E-state index contributed by atoms with van der Waals surface area (Å²) in [6.07, 6.45) is -2.50. The molecular weight excluding hydrogens is 238 g/mol. The first-order valence-corrected chi connectivity index (χ1v) is 5.18. The first-order chi connectivity index (χ1) is 7.60. The number of halogens is 3. The molecule has 0 N–H and O–H groups in total. The molecule has 1 aromatic carbocycles. The summed E-state index contributed by atoms with van der Waals surface area (Å²) in [5, 5.41) is 0. The maximum Gasteiger partial charge on any atom is 0.263 e. The van der Waals surface area contributed by atoms with E-state index in [9.17, 15) is 13.6 Å². The maximum atomic E-state index is 12.5. The van der Waals surface area contributed by atoms with E-state index in [-0.39, 0.29) is 29.2 Å². The largest absolute Gasteiger partial charge is 0.496 e. The Labute approximate surface area is 97.2 Å². The van der Waals surface area contributed by atoms with Gasteiger partial charge in [0.25, 0.3) is 6.43 Å². The van der Waals surface area contributed by atoms with E-state index in [1.807, 2.05) is 0 Å². The Balaban J connectivity index is 3.11. The summed E-state index contributed by atoms with van der Waals surface area (Å²) >= 11 is 5.43. The fourth-order valence-electron chi connectivity index (χ4n) is 1.30. The van der Waals surface area contributed by atoms with Gasteiger partial charge < -0.3 is 4.74 Å². The molecule has 88 valence electrons. The molecule has 2 nitrogen and oxygen atoms in total. The first kappa shape index (κ1) is 12.9. The Bertz CT molecular complexity index is 380. The second kappa shape index (κ2) is 5.80. The topological polar surface area (TPSA) is 26.3 Å². The molecule has 0 bridgehead atoms. The zero-order chi connectivity index (χ0) is 12.1. The highest BCUT2D eigenvalue weighted by Crippen LogP contribution is 2.26. The average Bonchev–Trinajstić information content (AvgIpc) is 2.28. The number of alkyl halides is 3. The van der Waals surface area contributed by atoms with E-state index in [4.69, 9.17) is 16.3 Å². The number of ether oxygens (including phenoxy) is 1. The van der Waals surface area contributed by atoms with Crippen LogP contribution < -0.4 is 4.74 Å². The molecule has 0 heterocycles. The molecule has 0 spiro atoms. The summed E-state index contributed by atoms with van der Waals surface area (Å²) in [6.45, 7) is 0. The highest BCUT2D eigenvalue weighted by molar-refractivity contribution is 6.19. The molecule has 0 aromatic heterocycles. The number of methoxy groups -OCH3 is 1. The van der Waals surface area contributed by atoms with Gasteiger partial charge in [-0.2, -0.15) is 0 Å². The highest BCUT2D eigenvalue weighted by Gasteiger charge is 2.15. The number of hydrogen-bond acceptors (Lipinski definition) is 2. The predicted molar refractivity (Wildman–Crippen MR) is 57.6 cm³/mol. The highest BCUT2D eigenvalue weighted by atomic mass is 35.5. The van der Waals surface area contributed by atoms with Crippen molar-refractivity contribution in [1.29, 1.82) is 0 Å². The zero-order valence-electron chi connectivity index (χ0n) is 8.67. The Morgan fingerprint density at radius 1 is 1.50 bits per heavy atom. The molecule has 0 aliphatic rings. The van der Waals surface area contributed by atoms with Crippen LogP contribution in [-0.4, -0.2) is 18.8 Å². The summed E-state index contributed by atoms with van der Waals surface area (Å²) in [5.41, 5.74) is -0.0420. The lowest BCUT2D eigenvalue weighted by atomic mass is 10.0. The quantitative estimate of drug-likeness (QED) is 0.589. The van der Waals surface area contributed by atoms with Gasteiger partial charge in [-0.05, 0) is 18.2 Å². The van der Waals surface area contributed by atoms with Crippen LogP contribution in [0.3, 0.4) is 0 Å². The van der Waals surface area contributed by atoms with E-state index in [0.717, 1.165) is 6.07 Å². The molecule has 16 heavy (non-hydrogen) atoms. The average molecular weight is 249 g/mol. The maximum absolute atomic E-state index is 12.5. The summed E-state index contributed by atoms with van der Waals surface area (Å²) in [4.78, 5) is 11.6. The lowest BCUT2D eigenvalue weighted by molar-refractivity contribution is 0.0985. The SMILES string of the molecule is COc1ccc(C(F)F)cc1C(=O)CCCl. The smallest absolute Gasteiger partial charge is 0.263 e. The minimum atomic E-state index is -2.60. The molecule has 0 radical (unpaired) electrons. The number of Topliss-reactive ketones (excluding diaryl/α,β-unsaturated/α-hetero) is 1. The minimum Gasteiger partial charge on any atom is -0.496 e. The molecule has 0 saturated heterocycles. The Morgan fingerprint density at radius 2 is 2.19 bits per heavy atom. The van der Waals surface area contributed by atoms with Crippen LogP contribution in [0.4, 0.5) is 8.78 Å².